The Morgan fingerprint density at radius 1 is 1.30 bits per heavy atom. The summed E-state index contributed by atoms with van der Waals surface area (Å²) in [6.45, 7) is 3.50. The quantitative estimate of drug-likeness (QED) is 0.606. The monoisotopic (exact) mass is 386 g/mol. The number of aliphatic hydroxyl groups is 1. The number of nitrogens with zero attached hydrogens (tertiary/aromatic N) is 2. The molecular weight excluding hydrogens is 368 g/mol. The van der Waals surface area contributed by atoms with Gasteiger partial charge in [0.15, 0.2) is 5.78 Å². The van der Waals surface area contributed by atoms with Crippen molar-refractivity contribution in [3.63, 3.8) is 0 Å². The number of thioether (sulfide) groups is 1. The van der Waals surface area contributed by atoms with E-state index < -0.39 is 45.8 Å². The fraction of sp³-hybridized carbons (Fsp3) is 0.368. The Morgan fingerprint density at radius 3 is 2.70 bits per heavy atom. The van der Waals surface area contributed by atoms with E-state index in [1.54, 1.807) is 19.9 Å². The van der Waals surface area contributed by atoms with Gasteiger partial charge in [0.1, 0.15) is 18.1 Å². The number of hydrogen-bond donors (Lipinski definition) is 2. The molecule has 0 spiro atoms. The highest BCUT2D eigenvalue weighted by Gasteiger charge is 2.66. The van der Waals surface area contributed by atoms with Gasteiger partial charge >= 0.3 is 5.97 Å². The van der Waals surface area contributed by atoms with Crippen molar-refractivity contribution < 1.29 is 24.6 Å². The molecular formula is C19H18N2O5S. The summed E-state index contributed by atoms with van der Waals surface area (Å²) < 4.78 is -0.700. The van der Waals surface area contributed by atoms with Crippen molar-refractivity contribution in [2.45, 2.75) is 36.1 Å². The van der Waals surface area contributed by atoms with Gasteiger partial charge in [-0.2, -0.15) is 0 Å². The number of hydrogen-bond acceptors (Lipinski definition) is 6. The van der Waals surface area contributed by atoms with Crippen LogP contribution in [0, 0.1) is 5.92 Å². The van der Waals surface area contributed by atoms with E-state index in [1.807, 2.05) is 24.3 Å². The average molecular weight is 386 g/mol. The minimum Gasteiger partial charge on any atom is -0.480 e. The number of fused-ring (bicyclic) bond motifs is 2. The minimum absolute atomic E-state index is 0.226. The number of para-hydroxylation sites is 1. The number of aliphatic hydroxyl groups excluding tert-OH is 1. The van der Waals surface area contributed by atoms with E-state index in [4.69, 9.17) is 0 Å². The lowest BCUT2D eigenvalue weighted by atomic mass is 9.85. The van der Waals surface area contributed by atoms with Crippen molar-refractivity contribution in [2.24, 2.45) is 5.92 Å². The molecule has 3 heterocycles. The molecule has 4 rings (SSSR count). The molecule has 2 saturated heterocycles. The highest BCUT2D eigenvalue weighted by atomic mass is 32.2. The van der Waals surface area contributed by atoms with Crippen LogP contribution < -0.4 is 0 Å². The van der Waals surface area contributed by atoms with Gasteiger partial charge in [-0.1, -0.05) is 18.2 Å². The fourth-order valence-corrected chi connectivity index (χ4v) is 5.59. The first-order valence-corrected chi connectivity index (χ1v) is 9.40. The molecule has 1 aromatic carbocycles. The predicted molar refractivity (Wildman–Crippen MR) is 99.3 cm³/mol. The zero-order valence-electron chi connectivity index (χ0n) is 14.7. The molecule has 0 aliphatic carbocycles. The minimum atomic E-state index is -1.53. The highest BCUT2D eigenvalue weighted by molar-refractivity contribution is 8.01. The van der Waals surface area contributed by atoms with E-state index in [2.05, 4.69) is 4.98 Å². The third kappa shape index (κ3) is 2.62. The van der Waals surface area contributed by atoms with Crippen molar-refractivity contribution in [1.29, 1.82) is 0 Å². The number of carbonyl (C=O) groups is 3. The normalized spacial score (nSPS) is 27.1. The lowest BCUT2D eigenvalue weighted by Gasteiger charge is -2.45. The number of carbonyl (C=O) groups excluding carboxylic acids is 2. The van der Waals surface area contributed by atoms with Crippen molar-refractivity contribution in [1.82, 2.24) is 9.88 Å². The molecule has 27 heavy (non-hydrogen) atoms. The molecule has 1 amide bonds. The number of carboxylic acids is 1. The van der Waals surface area contributed by atoms with Crippen molar-refractivity contribution in [2.75, 3.05) is 0 Å². The first-order chi connectivity index (χ1) is 12.7. The number of rotatable bonds is 4. The molecule has 0 radical (unpaired) electrons. The van der Waals surface area contributed by atoms with Crippen LogP contribution >= 0.6 is 11.8 Å². The number of aromatic nitrogens is 1. The molecule has 8 heteroatoms. The topological polar surface area (TPSA) is 108 Å². The summed E-state index contributed by atoms with van der Waals surface area (Å²) >= 11 is 1.31. The molecule has 2 aliphatic heterocycles. The Kier molecular flexibility index (Phi) is 4.01. The van der Waals surface area contributed by atoms with Crippen LogP contribution in [0.3, 0.4) is 0 Å². The van der Waals surface area contributed by atoms with Crippen LogP contribution in [0.5, 0.6) is 0 Å². The standard InChI is InChI=1S/C19H18N2O5S/c1-19(2)15(18(25)26)21-16(24)12(17(21)27-19)14(23)13(22)10-7-9-5-3-4-6-11(9)20-8-10/h3-8,12,14-15,17,23H,1-2H3,(H,25,26)/t12-,14+,15+,17-/m1/s1. The summed E-state index contributed by atoms with van der Waals surface area (Å²) in [7, 11) is 0. The van der Waals surface area contributed by atoms with E-state index in [1.165, 1.54) is 22.9 Å². The zero-order chi connectivity index (χ0) is 19.5. The summed E-state index contributed by atoms with van der Waals surface area (Å²) in [6, 6.07) is 7.96. The summed E-state index contributed by atoms with van der Waals surface area (Å²) in [6.07, 6.45) is -0.141. The van der Waals surface area contributed by atoms with Crippen molar-refractivity contribution in [3.05, 3.63) is 42.1 Å². The molecule has 1 aromatic heterocycles. The second kappa shape index (κ2) is 6.03. The molecule has 4 atom stereocenters. The van der Waals surface area contributed by atoms with Crippen LogP contribution in [-0.4, -0.2) is 60.0 Å². The molecule has 2 aliphatic rings. The van der Waals surface area contributed by atoms with Crippen LogP contribution in [-0.2, 0) is 9.59 Å². The molecule has 2 aromatic rings. The number of aliphatic carboxylic acids is 1. The Morgan fingerprint density at radius 2 is 2.00 bits per heavy atom. The highest BCUT2D eigenvalue weighted by Crippen LogP contribution is 2.54. The third-order valence-electron chi connectivity index (χ3n) is 5.20. The van der Waals surface area contributed by atoms with Gasteiger partial charge < -0.3 is 15.1 Å². The Labute approximate surface area is 159 Å². The van der Waals surface area contributed by atoms with Crippen molar-refractivity contribution in [3.8, 4) is 0 Å². The molecule has 2 fully saturated rings. The third-order valence-corrected chi connectivity index (χ3v) is 6.79. The van der Waals surface area contributed by atoms with Gasteiger partial charge in [0.05, 0.1) is 10.9 Å². The second-order valence-electron chi connectivity index (χ2n) is 7.35. The van der Waals surface area contributed by atoms with E-state index in [9.17, 15) is 24.6 Å². The van der Waals surface area contributed by atoms with Gasteiger partial charge in [-0.05, 0) is 26.0 Å². The largest absolute Gasteiger partial charge is 0.480 e. The Hall–Kier alpha value is -2.45. The maximum atomic E-state index is 12.7. The SMILES string of the molecule is CC1(C)S[C@@H]2[C@H]([C@H](O)C(=O)c3cnc4ccccc4c3)C(=O)N2[C@H]1C(=O)O. The fourth-order valence-electron chi connectivity index (χ4n) is 3.87. The van der Waals surface area contributed by atoms with Crippen molar-refractivity contribution >= 4 is 40.3 Å². The van der Waals surface area contributed by atoms with Crippen LogP contribution in [0.15, 0.2) is 36.5 Å². The summed E-state index contributed by atoms with van der Waals surface area (Å²) in [4.78, 5) is 42.4. The van der Waals surface area contributed by atoms with Crippen LogP contribution in [0.25, 0.3) is 10.9 Å². The molecule has 0 bridgehead atoms. The Bertz CT molecular complexity index is 975. The van der Waals surface area contributed by atoms with Gasteiger partial charge in [-0.3, -0.25) is 14.6 Å². The van der Waals surface area contributed by atoms with Crippen LogP contribution in [0.4, 0.5) is 0 Å². The summed E-state index contributed by atoms with van der Waals surface area (Å²) in [5.74, 6) is -3.11. The molecule has 0 saturated carbocycles. The van der Waals surface area contributed by atoms with E-state index in [0.717, 1.165) is 10.9 Å². The first kappa shape index (κ1) is 17.9. The average Bonchev–Trinajstić information content (AvgIpc) is 2.88. The number of β-lactam (4-membered cyclic amide) rings is 1. The smallest absolute Gasteiger partial charge is 0.327 e. The van der Waals surface area contributed by atoms with E-state index in [0.29, 0.717) is 0 Å². The lowest BCUT2D eigenvalue weighted by Crippen LogP contribution is -2.66. The lowest BCUT2D eigenvalue weighted by molar-refractivity contribution is -0.167. The van der Waals surface area contributed by atoms with Gasteiger partial charge in [-0.25, -0.2) is 4.79 Å². The zero-order valence-corrected chi connectivity index (χ0v) is 15.5. The van der Waals surface area contributed by atoms with E-state index in [-0.39, 0.29) is 5.56 Å². The number of benzene rings is 1. The van der Waals surface area contributed by atoms with E-state index >= 15 is 0 Å². The van der Waals surface area contributed by atoms with Crippen LogP contribution in [0.1, 0.15) is 24.2 Å². The maximum absolute atomic E-state index is 12.7. The maximum Gasteiger partial charge on any atom is 0.327 e. The number of amides is 1. The van der Waals surface area contributed by atoms with Gasteiger partial charge in [0, 0.05) is 21.9 Å². The van der Waals surface area contributed by atoms with Crippen LogP contribution in [0.2, 0.25) is 0 Å². The first-order valence-electron chi connectivity index (χ1n) is 8.52. The molecule has 7 nitrogen and oxygen atoms in total. The predicted octanol–water partition coefficient (Wildman–Crippen LogP) is 1.54. The van der Waals surface area contributed by atoms with Gasteiger partial charge in [0.2, 0.25) is 5.91 Å². The molecule has 140 valence electrons. The molecule has 0 unspecified atom stereocenters. The summed E-state index contributed by atoms with van der Waals surface area (Å²) in [5, 5.41) is 20.3. The summed E-state index contributed by atoms with van der Waals surface area (Å²) in [5.41, 5.74) is 0.955. The number of carboxylic acid groups (broad SMARTS) is 1. The number of pyridine rings is 1. The Balaban J connectivity index is 1.60. The van der Waals surface area contributed by atoms with Gasteiger partial charge in [0.25, 0.3) is 0 Å². The second-order valence-corrected chi connectivity index (χ2v) is 9.12. The number of ketones is 1. The van der Waals surface area contributed by atoms with Gasteiger partial charge in [-0.15, -0.1) is 11.8 Å². The number of Topliss-reactive ketones (excluding diaryl/α,β-unsaturated/α-hetero) is 1. The molecule has 2 N–H and O–H groups in total.